The van der Waals surface area contributed by atoms with Crippen molar-refractivity contribution in [2.45, 2.75) is 27.2 Å². The monoisotopic (exact) mass is 452 g/mol. The zero-order valence-electron chi connectivity index (χ0n) is 17.5. The van der Waals surface area contributed by atoms with Gasteiger partial charge in [0.05, 0.1) is 38.0 Å². The molecule has 0 bridgehead atoms. The third-order valence-electron chi connectivity index (χ3n) is 3.90. The Morgan fingerprint density at radius 2 is 1.93 bits per heavy atom. The number of amides is 1. The Balaban J connectivity index is 2.07. The van der Waals surface area contributed by atoms with Crippen LogP contribution >= 0.6 is 23.2 Å². The molecular formula is C22H26Cl2N2O4. The molecule has 30 heavy (non-hydrogen) atoms. The van der Waals surface area contributed by atoms with Crippen LogP contribution in [0, 0.1) is 5.92 Å². The fraction of sp³-hybridized carbons (Fsp3) is 0.364. The van der Waals surface area contributed by atoms with Crippen LogP contribution in [0.2, 0.25) is 10.0 Å². The summed E-state index contributed by atoms with van der Waals surface area (Å²) in [6.45, 7) is 6.97. The first kappa shape index (κ1) is 23.8. The number of ether oxygens (including phenoxy) is 3. The quantitative estimate of drug-likeness (QED) is 0.400. The van der Waals surface area contributed by atoms with Crippen molar-refractivity contribution in [3.8, 4) is 17.2 Å². The molecule has 0 aliphatic heterocycles. The average Bonchev–Trinajstić information content (AvgIpc) is 2.69. The van der Waals surface area contributed by atoms with E-state index < -0.39 is 0 Å². The molecule has 2 aromatic carbocycles. The molecule has 0 aromatic heterocycles. The molecule has 0 radical (unpaired) electrons. The predicted molar refractivity (Wildman–Crippen MR) is 120 cm³/mol. The Bertz CT molecular complexity index is 901. The SMILES string of the molecule is CCOc1cc(/C=N/NC(=O)Cc2cc(OC)ccc2Cl)cc(Cl)c1OCC(C)C. The summed E-state index contributed by atoms with van der Waals surface area (Å²) in [5.41, 5.74) is 3.80. The Kier molecular flexibility index (Phi) is 9.27. The summed E-state index contributed by atoms with van der Waals surface area (Å²) in [5.74, 6) is 1.70. The Morgan fingerprint density at radius 1 is 1.17 bits per heavy atom. The number of hydrazone groups is 1. The van der Waals surface area contributed by atoms with Crippen LogP contribution < -0.4 is 19.6 Å². The molecule has 0 fully saturated rings. The first-order valence-corrected chi connectivity index (χ1v) is 10.3. The van der Waals surface area contributed by atoms with Gasteiger partial charge in [0.25, 0.3) is 0 Å². The van der Waals surface area contributed by atoms with Gasteiger partial charge in [-0.1, -0.05) is 37.0 Å². The van der Waals surface area contributed by atoms with E-state index in [1.165, 1.54) is 6.21 Å². The minimum Gasteiger partial charge on any atom is -0.497 e. The second kappa shape index (κ2) is 11.7. The zero-order valence-corrected chi connectivity index (χ0v) is 19.0. The number of carbonyl (C=O) groups excluding carboxylic acids is 1. The van der Waals surface area contributed by atoms with Crippen LogP contribution in [-0.4, -0.2) is 32.4 Å². The van der Waals surface area contributed by atoms with Gasteiger partial charge in [-0.05, 0) is 54.3 Å². The minimum absolute atomic E-state index is 0.0697. The first-order chi connectivity index (χ1) is 14.3. The van der Waals surface area contributed by atoms with Gasteiger partial charge < -0.3 is 14.2 Å². The molecule has 1 amide bonds. The number of carbonyl (C=O) groups is 1. The van der Waals surface area contributed by atoms with E-state index in [0.717, 1.165) is 0 Å². The van der Waals surface area contributed by atoms with Crippen LogP contribution in [0.5, 0.6) is 17.2 Å². The van der Waals surface area contributed by atoms with Gasteiger partial charge >= 0.3 is 0 Å². The van der Waals surface area contributed by atoms with Crippen molar-refractivity contribution in [3.05, 3.63) is 51.5 Å². The van der Waals surface area contributed by atoms with E-state index in [1.54, 1.807) is 37.4 Å². The topological polar surface area (TPSA) is 69.2 Å². The highest BCUT2D eigenvalue weighted by Crippen LogP contribution is 2.36. The van der Waals surface area contributed by atoms with Crippen molar-refractivity contribution in [3.63, 3.8) is 0 Å². The highest BCUT2D eigenvalue weighted by Gasteiger charge is 2.13. The zero-order chi connectivity index (χ0) is 22.1. The number of nitrogens with one attached hydrogen (secondary N) is 1. The second-order valence-electron chi connectivity index (χ2n) is 6.90. The fourth-order valence-corrected chi connectivity index (χ4v) is 2.98. The summed E-state index contributed by atoms with van der Waals surface area (Å²) in [4.78, 5) is 12.2. The van der Waals surface area contributed by atoms with Crippen LogP contribution in [-0.2, 0) is 11.2 Å². The van der Waals surface area contributed by atoms with Gasteiger partial charge in [-0.15, -0.1) is 0 Å². The fourth-order valence-electron chi connectivity index (χ4n) is 2.52. The standard InChI is InChI=1S/C22H26Cl2N2O4/c1-5-29-20-9-15(8-19(24)22(20)30-13-14(2)3)12-25-26-21(27)11-16-10-17(28-4)6-7-18(16)23/h6-10,12,14H,5,11,13H2,1-4H3,(H,26,27)/b25-12+. The van der Waals surface area contributed by atoms with E-state index in [2.05, 4.69) is 24.4 Å². The maximum absolute atomic E-state index is 12.2. The molecule has 0 heterocycles. The van der Waals surface area contributed by atoms with Gasteiger partial charge in [0.2, 0.25) is 5.91 Å². The lowest BCUT2D eigenvalue weighted by Gasteiger charge is -2.15. The van der Waals surface area contributed by atoms with Gasteiger partial charge in [0.1, 0.15) is 5.75 Å². The summed E-state index contributed by atoms with van der Waals surface area (Å²) >= 11 is 12.5. The summed E-state index contributed by atoms with van der Waals surface area (Å²) in [6, 6.07) is 8.60. The molecule has 2 rings (SSSR count). The molecule has 8 heteroatoms. The van der Waals surface area contributed by atoms with Crippen LogP contribution in [0.1, 0.15) is 31.9 Å². The van der Waals surface area contributed by atoms with E-state index in [4.69, 9.17) is 37.4 Å². The number of hydrogen-bond donors (Lipinski definition) is 1. The van der Waals surface area contributed by atoms with E-state index in [0.29, 0.717) is 57.6 Å². The van der Waals surface area contributed by atoms with Crippen LogP contribution in [0.15, 0.2) is 35.4 Å². The molecule has 2 aromatic rings. The summed E-state index contributed by atoms with van der Waals surface area (Å²) < 4.78 is 16.6. The van der Waals surface area contributed by atoms with Crippen LogP contribution in [0.3, 0.4) is 0 Å². The smallest absolute Gasteiger partial charge is 0.244 e. The molecular weight excluding hydrogens is 427 g/mol. The molecule has 0 aliphatic carbocycles. The van der Waals surface area contributed by atoms with Gasteiger partial charge in [-0.2, -0.15) is 5.10 Å². The lowest BCUT2D eigenvalue weighted by molar-refractivity contribution is -0.120. The lowest BCUT2D eigenvalue weighted by Crippen LogP contribution is -2.20. The molecule has 0 saturated carbocycles. The predicted octanol–water partition coefficient (Wildman–Crippen LogP) is 5.13. The van der Waals surface area contributed by atoms with E-state index in [1.807, 2.05) is 6.92 Å². The second-order valence-corrected chi connectivity index (χ2v) is 7.71. The average molecular weight is 453 g/mol. The lowest BCUT2D eigenvalue weighted by atomic mass is 10.1. The van der Waals surface area contributed by atoms with Crippen molar-refractivity contribution in [1.29, 1.82) is 0 Å². The van der Waals surface area contributed by atoms with Crippen molar-refractivity contribution in [2.75, 3.05) is 20.3 Å². The highest BCUT2D eigenvalue weighted by atomic mass is 35.5. The highest BCUT2D eigenvalue weighted by molar-refractivity contribution is 6.32. The van der Waals surface area contributed by atoms with Gasteiger partial charge in [0.15, 0.2) is 11.5 Å². The third-order valence-corrected chi connectivity index (χ3v) is 4.55. The maximum Gasteiger partial charge on any atom is 0.244 e. The third kappa shape index (κ3) is 7.11. The number of halogens is 2. The molecule has 0 aliphatic rings. The summed E-state index contributed by atoms with van der Waals surface area (Å²) in [7, 11) is 1.55. The molecule has 0 spiro atoms. The molecule has 0 atom stereocenters. The van der Waals surface area contributed by atoms with Crippen molar-refractivity contribution < 1.29 is 19.0 Å². The number of nitrogens with zero attached hydrogens (tertiary/aromatic N) is 1. The van der Waals surface area contributed by atoms with E-state index in [9.17, 15) is 4.79 Å². The molecule has 162 valence electrons. The number of hydrogen-bond acceptors (Lipinski definition) is 5. The number of benzene rings is 2. The first-order valence-electron chi connectivity index (χ1n) is 9.57. The van der Waals surface area contributed by atoms with Gasteiger partial charge in [0, 0.05) is 5.02 Å². The Labute approximate surface area is 187 Å². The summed E-state index contributed by atoms with van der Waals surface area (Å²) in [5, 5.41) is 4.90. The Hall–Kier alpha value is -2.44. The van der Waals surface area contributed by atoms with Crippen molar-refractivity contribution >= 4 is 35.3 Å². The van der Waals surface area contributed by atoms with Crippen LogP contribution in [0.4, 0.5) is 0 Å². The van der Waals surface area contributed by atoms with E-state index >= 15 is 0 Å². The van der Waals surface area contributed by atoms with Crippen molar-refractivity contribution in [2.24, 2.45) is 11.0 Å². The molecule has 0 saturated heterocycles. The van der Waals surface area contributed by atoms with Crippen LogP contribution in [0.25, 0.3) is 0 Å². The number of methoxy groups -OCH3 is 1. The number of rotatable bonds is 10. The maximum atomic E-state index is 12.2. The van der Waals surface area contributed by atoms with Gasteiger partial charge in [-0.3, -0.25) is 4.79 Å². The Morgan fingerprint density at radius 3 is 2.60 bits per heavy atom. The minimum atomic E-state index is -0.311. The van der Waals surface area contributed by atoms with Gasteiger partial charge in [-0.25, -0.2) is 5.43 Å². The largest absolute Gasteiger partial charge is 0.497 e. The summed E-state index contributed by atoms with van der Waals surface area (Å²) in [6.07, 6.45) is 1.56. The molecule has 6 nitrogen and oxygen atoms in total. The molecule has 1 N–H and O–H groups in total. The van der Waals surface area contributed by atoms with Crippen molar-refractivity contribution in [1.82, 2.24) is 5.43 Å². The van der Waals surface area contributed by atoms with E-state index in [-0.39, 0.29) is 12.3 Å². The molecule has 0 unspecified atom stereocenters. The normalized spacial score (nSPS) is 11.0.